The lowest BCUT2D eigenvalue weighted by Crippen LogP contribution is -2.43. The molecule has 1 heterocycles. The number of amides is 1. The first-order valence-electron chi connectivity index (χ1n) is 8.65. The Bertz CT molecular complexity index is 545. The fourth-order valence-electron chi connectivity index (χ4n) is 3.06. The summed E-state index contributed by atoms with van der Waals surface area (Å²) in [6, 6.07) is 9.67. The Morgan fingerprint density at radius 1 is 1.21 bits per heavy atom. The van der Waals surface area contributed by atoms with Gasteiger partial charge in [-0.25, -0.2) is 0 Å². The molecule has 1 aliphatic heterocycles. The van der Waals surface area contributed by atoms with Gasteiger partial charge in [0, 0.05) is 44.6 Å². The highest BCUT2D eigenvalue weighted by atomic mass is 16.5. The summed E-state index contributed by atoms with van der Waals surface area (Å²) in [5, 5.41) is 3.06. The molecular formula is C19H28N2O3. The minimum absolute atomic E-state index is 0.00600. The van der Waals surface area contributed by atoms with Crippen LogP contribution in [-0.4, -0.2) is 55.0 Å². The molecule has 5 heteroatoms. The van der Waals surface area contributed by atoms with Crippen LogP contribution in [0.3, 0.4) is 0 Å². The van der Waals surface area contributed by atoms with Gasteiger partial charge in [0.1, 0.15) is 0 Å². The molecular weight excluding hydrogens is 304 g/mol. The minimum Gasteiger partial charge on any atom is -0.378 e. The molecule has 0 bridgehead atoms. The molecule has 0 aliphatic carbocycles. The lowest BCUT2D eigenvalue weighted by molar-refractivity contribution is -0.122. The first-order chi connectivity index (χ1) is 11.5. The Hall–Kier alpha value is -1.72. The number of nitrogens with zero attached hydrogens (tertiary/aromatic N) is 1. The summed E-state index contributed by atoms with van der Waals surface area (Å²) in [4.78, 5) is 26.5. The van der Waals surface area contributed by atoms with E-state index in [1.54, 1.807) is 7.11 Å². The standard InChI is InChI=1S/C19H28N2O3/c1-14(2)21-12-16(18(13-21)24-3)20-19(23)11-7-10-17(22)15-8-5-4-6-9-15/h4-6,8-9,14,16,18H,7,10-13H2,1-3H3,(H,20,23)/t16-,18-/m0/s1. The zero-order valence-corrected chi connectivity index (χ0v) is 14.8. The van der Waals surface area contributed by atoms with Crippen molar-refractivity contribution in [3.63, 3.8) is 0 Å². The van der Waals surface area contributed by atoms with Gasteiger partial charge in [0.05, 0.1) is 12.1 Å². The average molecular weight is 332 g/mol. The third-order valence-electron chi connectivity index (χ3n) is 4.58. The molecule has 0 saturated carbocycles. The van der Waals surface area contributed by atoms with E-state index in [0.717, 1.165) is 13.1 Å². The summed E-state index contributed by atoms with van der Waals surface area (Å²) < 4.78 is 5.50. The largest absolute Gasteiger partial charge is 0.378 e. The number of likely N-dealkylation sites (tertiary alicyclic amines) is 1. The topological polar surface area (TPSA) is 58.6 Å². The van der Waals surface area contributed by atoms with Crippen molar-refractivity contribution in [2.45, 2.75) is 51.3 Å². The smallest absolute Gasteiger partial charge is 0.220 e. The monoisotopic (exact) mass is 332 g/mol. The van der Waals surface area contributed by atoms with E-state index < -0.39 is 0 Å². The third-order valence-corrected chi connectivity index (χ3v) is 4.58. The summed E-state index contributed by atoms with van der Waals surface area (Å²) in [5.41, 5.74) is 0.709. The van der Waals surface area contributed by atoms with E-state index in [-0.39, 0.29) is 23.8 Å². The quantitative estimate of drug-likeness (QED) is 0.742. The van der Waals surface area contributed by atoms with Crippen LogP contribution >= 0.6 is 0 Å². The molecule has 1 aromatic rings. The molecule has 1 amide bonds. The normalized spacial score (nSPS) is 21.2. The molecule has 1 fully saturated rings. The Morgan fingerprint density at radius 3 is 2.54 bits per heavy atom. The second-order valence-electron chi connectivity index (χ2n) is 6.64. The molecule has 2 atom stereocenters. The first kappa shape index (κ1) is 18.6. The molecule has 1 aliphatic rings. The van der Waals surface area contributed by atoms with Crippen molar-refractivity contribution in [3.05, 3.63) is 35.9 Å². The van der Waals surface area contributed by atoms with Gasteiger partial charge in [-0.05, 0) is 20.3 Å². The predicted octanol–water partition coefficient (Wildman–Crippen LogP) is 2.26. The van der Waals surface area contributed by atoms with E-state index in [2.05, 4.69) is 24.1 Å². The minimum atomic E-state index is -0.00600. The number of nitrogens with one attached hydrogen (secondary N) is 1. The number of methoxy groups -OCH3 is 1. The molecule has 1 N–H and O–H groups in total. The fourth-order valence-corrected chi connectivity index (χ4v) is 3.06. The van der Waals surface area contributed by atoms with Gasteiger partial charge in [0.2, 0.25) is 5.91 Å². The summed E-state index contributed by atoms with van der Waals surface area (Å²) in [5.74, 6) is 0.0820. The molecule has 0 unspecified atom stereocenters. The number of carbonyl (C=O) groups is 2. The van der Waals surface area contributed by atoms with Crippen molar-refractivity contribution in [2.75, 3.05) is 20.2 Å². The van der Waals surface area contributed by atoms with E-state index in [0.29, 0.717) is 30.9 Å². The molecule has 2 rings (SSSR count). The molecule has 0 aromatic heterocycles. The average Bonchev–Trinajstić information content (AvgIpc) is 2.98. The molecule has 0 spiro atoms. The molecule has 24 heavy (non-hydrogen) atoms. The number of hydrogen-bond donors (Lipinski definition) is 1. The van der Waals surface area contributed by atoms with E-state index >= 15 is 0 Å². The lowest BCUT2D eigenvalue weighted by atomic mass is 10.1. The Morgan fingerprint density at radius 2 is 1.92 bits per heavy atom. The van der Waals surface area contributed by atoms with Gasteiger partial charge >= 0.3 is 0 Å². The lowest BCUT2D eigenvalue weighted by Gasteiger charge is -2.20. The van der Waals surface area contributed by atoms with Gasteiger partial charge < -0.3 is 10.1 Å². The Kier molecular flexibility index (Phi) is 6.94. The number of Topliss-reactive ketones (excluding diaryl/α,β-unsaturated/α-hetero) is 1. The summed E-state index contributed by atoms with van der Waals surface area (Å²) in [7, 11) is 1.69. The summed E-state index contributed by atoms with van der Waals surface area (Å²) >= 11 is 0. The van der Waals surface area contributed by atoms with Crippen molar-refractivity contribution < 1.29 is 14.3 Å². The number of carbonyl (C=O) groups excluding carboxylic acids is 2. The van der Waals surface area contributed by atoms with E-state index in [1.807, 2.05) is 30.3 Å². The van der Waals surface area contributed by atoms with Crippen LogP contribution in [0.25, 0.3) is 0 Å². The van der Waals surface area contributed by atoms with Crippen LogP contribution in [0.1, 0.15) is 43.5 Å². The van der Waals surface area contributed by atoms with Gasteiger partial charge in [-0.1, -0.05) is 30.3 Å². The van der Waals surface area contributed by atoms with Crippen LogP contribution < -0.4 is 5.32 Å². The van der Waals surface area contributed by atoms with Crippen molar-refractivity contribution in [1.82, 2.24) is 10.2 Å². The maximum absolute atomic E-state index is 12.2. The molecule has 0 radical (unpaired) electrons. The highest BCUT2D eigenvalue weighted by molar-refractivity contribution is 5.96. The number of ether oxygens (including phenoxy) is 1. The third kappa shape index (κ3) is 5.14. The van der Waals surface area contributed by atoms with Gasteiger partial charge in [-0.15, -0.1) is 0 Å². The number of ketones is 1. The second kappa shape index (κ2) is 8.94. The van der Waals surface area contributed by atoms with E-state index in [9.17, 15) is 9.59 Å². The molecule has 1 saturated heterocycles. The number of hydrogen-bond acceptors (Lipinski definition) is 4. The summed E-state index contributed by atoms with van der Waals surface area (Å²) in [6.07, 6.45) is 1.36. The maximum Gasteiger partial charge on any atom is 0.220 e. The molecule has 132 valence electrons. The van der Waals surface area contributed by atoms with Crippen LogP contribution in [0.2, 0.25) is 0 Å². The van der Waals surface area contributed by atoms with Crippen LogP contribution in [-0.2, 0) is 9.53 Å². The van der Waals surface area contributed by atoms with Crippen molar-refractivity contribution >= 4 is 11.7 Å². The van der Waals surface area contributed by atoms with Crippen LogP contribution in [0.15, 0.2) is 30.3 Å². The first-order valence-corrected chi connectivity index (χ1v) is 8.65. The number of rotatable bonds is 8. The van der Waals surface area contributed by atoms with Gasteiger partial charge in [-0.3, -0.25) is 14.5 Å². The Balaban J connectivity index is 1.74. The second-order valence-corrected chi connectivity index (χ2v) is 6.64. The van der Waals surface area contributed by atoms with Crippen LogP contribution in [0, 0.1) is 0 Å². The van der Waals surface area contributed by atoms with Gasteiger partial charge in [0.15, 0.2) is 5.78 Å². The molecule has 5 nitrogen and oxygen atoms in total. The van der Waals surface area contributed by atoms with Gasteiger partial charge in [-0.2, -0.15) is 0 Å². The Labute approximate surface area is 144 Å². The maximum atomic E-state index is 12.2. The SMILES string of the molecule is CO[C@H]1CN(C(C)C)C[C@@H]1NC(=O)CCCC(=O)c1ccccc1. The highest BCUT2D eigenvalue weighted by Gasteiger charge is 2.34. The zero-order chi connectivity index (χ0) is 17.5. The van der Waals surface area contributed by atoms with Gasteiger partial charge in [0.25, 0.3) is 0 Å². The van der Waals surface area contributed by atoms with Crippen molar-refractivity contribution in [1.29, 1.82) is 0 Å². The van der Waals surface area contributed by atoms with Crippen molar-refractivity contribution in [3.8, 4) is 0 Å². The van der Waals surface area contributed by atoms with E-state index in [1.165, 1.54) is 0 Å². The predicted molar refractivity (Wildman–Crippen MR) is 94.1 cm³/mol. The zero-order valence-electron chi connectivity index (χ0n) is 14.8. The van der Waals surface area contributed by atoms with Crippen LogP contribution in [0.5, 0.6) is 0 Å². The van der Waals surface area contributed by atoms with Crippen LogP contribution in [0.4, 0.5) is 0 Å². The van der Waals surface area contributed by atoms with Crippen molar-refractivity contribution in [2.24, 2.45) is 0 Å². The van der Waals surface area contributed by atoms with E-state index in [4.69, 9.17) is 4.74 Å². The summed E-state index contributed by atoms with van der Waals surface area (Å²) in [6.45, 7) is 5.94. The molecule has 1 aromatic carbocycles. The number of benzene rings is 1. The highest BCUT2D eigenvalue weighted by Crippen LogP contribution is 2.16. The fraction of sp³-hybridized carbons (Fsp3) is 0.579.